The Labute approximate surface area is 104 Å². The van der Waals surface area contributed by atoms with Gasteiger partial charge in [-0.15, -0.1) is 0 Å². The molecule has 2 atom stereocenters. The van der Waals surface area contributed by atoms with E-state index in [0.717, 1.165) is 18.7 Å². The van der Waals surface area contributed by atoms with Crippen molar-refractivity contribution in [1.29, 1.82) is 0 Å². The van der Waals surface area contributed by atoms with Crippen LogP contribution in [0.4, 0.5) is 0 Å². The van der Waals surface area contributed by atoms with Gasteiger partial charge in [-0.2, -0.15) is 0 Å². The van der Waals surface area contributed by atoms with Gasteiger partial charge in [0.1, 0.15) is 0 Å². The summed E-state index contributed by atoms with van der Waals surface area (Å²) in [6.07, 6.45) is 3.51. The van der Waals surface area contributed by atoms with Gasteiger partial charge in [-0.1, -0.05) is 36.2 Å². The van der Waals surface area contributed by atoms with Crippen LogP contribution in [0.5, 0.6) is 0 Å². The number of benzene rings is 1. The number of piperidine rings is 1. The molecule has 1 aromatic rings. The third kappa shape index (κ3) is 3.08. The highest BCUT2D eigenvalue weighted by Gasteiger charge is 2.24. The lowest BCUT2D eigenvalue weighted by Crippen LogP contribution is -2.40. The van der Waals surface area contributed by atoms with Gasteiger partial charge in [0, 0.05) is 6.04 Å². The summed E-state index contributed by atoms with van der Waals surface area (Å²) in [6.45, 7) is 6.47. The molecule has 2 nitrogen and oxygen atoms in total. The Morgan fingerprint density at radius 1 is 1.06 bits per heavy atom. The molecule has 2 rings (SSSR count). The molecule has 0 radical (unpaired) electrons. The average molecular weight is 233 g/mol. The van der Waals surface area contributed by atoms with Crippen LogP contribution in [0.25, 0.3) is 0 Å². The van der Waals surface area contributed by atoms with Crippen LogP contribution in [0, 0.1) is 6.92 Å². The Hall–Kier alpha value is -0.860. The molecule has 1 fully saturated rings. The van der Waals surface area contributed by atoms with Crippen LogP contribution < -0.4 is 0 Å². The smallest absolute Gasteiger partial charge is 0.0942 e. The average Bonchev–Trinajstić information content (AvgIpc) is 2.39. The van der Waals surface area contributed by atoms with Crippen molar-refractivity contribution in [2.75, 3.05) is 13.1 Å². The molecule has 94 valence electrons. The Morgan fingerprint density at radius 2 is 1.65 bits per heavy atom. The van der Waals surface area contributed by atoms with Gasteiger partial charge in [-0.25, -0.2) is 0 Å². The van der Waals surface area contributed by atoms with Gasteiger partial charge >= 0.3 is 0 Å². The summed E-state index contributed by atoms with van der Waals surface area (Å²) >= 11 is 0. The minimum Gasteiger partial charge on any atom is -0.387 e. The first-order valence-electron chi connectivity index (χ1n) is 6.67. The minimum absolute atomic E-state index is 0.220. The van der Waals surface area contributed by atoms with Gasteiger partial charge in [-0.3, -0.25) is 4.90 Å². The molecule has 1 aliphatic heterocycles. The Kier molecular flexibility index (Phi) is 4.19. The van der Waals surface area contributed by atoms with Gasteiger partial charge in [-0.05, 0) is 45.3 Å². The second-order valence-electron chi connectivity index (χ2n) is 5.19. The molecule has 0 bridgehead atoms. The topological polar surface area (TPSA) is 23.5 Å². The molecule has 1 aliphatic rings. The number of hydrogen-bond acceptors (Lipinski definition) is 2. The lowest BCUT2D eigenvalue weighted by Gasteiger charge is -2.35. The lowest BCUT2D eigenvalue weighted by molar-refractivity contribution is 0.0471. The third-order valence-corrected chi connectivity index (χ3v) is 3.84. The van der Waals surface area contributed by atoms with Gasteiger partial charge in [0.05, 0.1) is 6.10 Å². The second-order valence-corrected chi connectivity index (χ2v) is 5.19. The summed E-state index contributed by atoms with van der Waals surface area (Å²) in [5.41, 5.74) is 2.28. The highest BCUT2D eigenvalue weighted by molar-refractivity contribution is 5.24. The van der Waals surface area contributed by atoms with E-state index in [2.05, 4.69) is 30.9 Å². The molecule has 1 heterocycles. The van der Waals surface area contributed by atoms with Crippen molar-refractivity contribution in [2.45, 2.75) is 45.3 Å². The molecule has 1 N–H and O–H groups in total. The summed E-state index contributed by atoms with van der Waals surface area (Å²) in [5, 5.41) is 10.4. The van der Waals surface area contributed by atoms with Crippen LogP contribution in [-0.2, 0) is 0 Å². The SMILES string of the molecule is Cc1ccc([C@@H](O)[C@H](C)N2CCCCC2)cc1. The van der Waals surface area contributed by atoms with Crippen LogP contribution in [0.15, 0.2) is 24.3 Å². The highest BCUT2D eigenvalue weighted by atomic mass is 16.3. The summed E-state index contributed by atoms with van der Waals surface area (Å²) in [4.78, 5) is 2.41. The Morgan fingerprint density at radius 3 is 2.24 bits per heavy atom. The fourth-order valence-corrected chi connectivity index (χ4v) is 2.57. The van der Waals surface area contributed by atoms with Crippen LogP contribution in [0.2, 0.25) is 0 Å². The van der Waals surface area contributed by atoms with Crippen molar-refractivity contribution in [1.82, 2.24) is 4.90 Å². The van der Waals surface area contributed by atoms with E-state index in [-0.39, 0.29) is 12.1 Å². The van der Waals surface area contributed by atoms with Crippen LogP contribution in [0.1, 0.15) is 43.4 Å². The van der Waals surface area contributed by atoms with Crippen LogP contribution in [-0.4, -0.2) is 29.1 Å². The van der Waals surface area contributed by atoms with Gasteiger partial charge in [0.15, 0.2) is 0 Å². The number of rotatable bonds is 3. The standard InChI is InChI=1S/C15H23NO/c1-12-6-8-14(9-7-12)15(17)13(2)16-10-4-3-5-11-16/h6-9,13,15,17H,3-5,10-11H2,1-2H3/t13-,15-/m0/s1. The van der Waals surface area contributed by atoms with E-state index in [1.807, 2.05) is 12.1 Å². The van der Waals surface area contributed by atoms with Gasteiger partial charge in [0.2, 0.25) is 0 Å². The monoisotopic (exact) mass is 233 g/mol. The highest BCUT2D eigenvalue weighted by Crippen LogP contribution is 2.23. The van der Waals surface area contributed by atoms with Crippen molar-refractivity contribution >= 4 is 0 Å². The molecule has 0 unspecified atom stereocenters. The maximum Gasteiger partial charge on any atom is 0.0942 e. The lowest BCUT2D eigenvalue weighted by atomic mass is 9.99. The molecule has 17 heavy (non-hydrogen) atoms. The van der Waals surface area contributed by atoms with Crippen molar-refractivity contribution in [3.63, 3.8) is 0 Å². The maximum atomic E-state index is 10.4. The van der Waals surface area contributed by atoms with Gasteiger partial charge < -0.3 is 5.11 Å². The molecule has 0 aromatic heterocycles. The van der Waals surface area contributed by atoms with Crippen LogP contribution >= 0.6 is 0 Å². The molecule has 1 saturated heterocycles. The summed E-state index contributed by atoms with van der Waals surface area (Å²) in [5.74, 6) is 0. The molecular weight excluding hydrogens is 210 g/mol. The van der Waals surface area contributed by atoms with E-state index in [4.69, 9.17) is 0 Å². The first-order chi connectivity index (χ1) is 8.18. The number of aliphatic hydroxyl groups excluding tert-OH is 1. The minimum atomic E-state index is -0.367. The number of aliphatic hydroxyl groups is 1. The predicted octanol–water partition coefficient (Wildman–Crippen LogP) is 2.90. The Balaban J connectivity index is 2.02. The summed E-state index contributed by atoms with van der Waals surface area (Å²) in [7, 11) is 0. The fraction of sp³-hybridized carbons (Fsp3) is 0.600. The molecule has 0 aliphatic carbocycles. The van der Waals surface area contributed by atoms with E-state index in [0.29, 0.717) is 0 Å². The molecular formula is C15H23NO. The molecule has 1 aromatic carbocycles. The first kappa shape index (κ1) is 12.6. The second kappa shape index (κ2) is 5.65. The normalized spacial score (nSPS) is 21.1. The number of hydrogen-bond donors (Lipinski definition) is 1. The van der Waals surface area contributed by atoms with E-state index in [1.54, 1.807) is 0 Å². The van der Waals surface area contributed by atoms with Crippen molar-refractivity contribution in [3.05, 3.63) is 35.4 Å². The zero-order chi connectivity index (χ0) is 12.3. The number of nitrogens with zero attached hydrogens (tertiary/aromatic N) is 1. The zero-order valence-electron chi connectivity index (χ0n) is 10.9. The molecule has 0 saturated carbocycles. The largest absolute Gasteiger partial charge is 0.387 e. The number of likely N-dealkylation sites (tertiary alicyclic amines) is 1. The van der Waals surface area contributed by atoms with E-state index in [9.17, 15) is 5.11 Å². The van der Waals surface area contributed by atoms with Gasteiger partial charge in [0.25, 0.3) is 0 Å². The third-order valence-electron chi connectivity index (χ3n) is 3.84. The van der Waals surface area contributed by atoms with E-state index in [1.165, 1.54) is 24.8 Å². The fourth-order valence-electron chi connectivity index (χ4n) is 2.57. The molecule has 0 amide bonds. The quantitative estimate of drug-likeness (QED) is 0.867. The van der Waals surface area contributed by atoms with Crippen LogP contribution in [0.3, 0.4) is 0 Å². The predicted molar refractivity (Wildman–Crippen MR) is 71.0 cm³/mol. The first-order valence-corrected chi connectivity index (χ1v) is 6.67. The molecule has 2 heteroatoms. The maximum absolute atomic E-state index is 10.4. The summed E-state index contributed by atoms with van der Waals surface area (Å²) < 4.78 is 0. The Bertz CT molecular complexity index is 340. The van der Waals surface area contributed by atoms with Crippen molar-refractivity contribution in [2.24, 2.45) is 0 Å². The van der Waals surface area contributed by atoms with E-state index < -0.39 is 0 Å². The van der Waals surface area contributed by atoms with Crippen molar-refractivity contribution < 1.29 is 5.11 Å². The number of aryl methyl sites for hydroxylation is 1. The zero-order valence-corrected chi connectivity index (χ0v) is 10.9. The summed E-state index contributed by atoms with van der Waals surface area (Å²) in [6, 6.07) is 8.45. The molecule has 0 spiro atoms. The van der Waals surface area contributed by atoms with E-state index >= 15 is 0 Å². The van der Waals surface area contributed by atoms with Crippen molar-refractivity contribution in [3.8, 4) is 0 Å².